The maximum absolute atomic E-state index is 9.50. The van der Waals surface area contributed by atoms with Crippen molar-refractivity contribution < 1.29 is 9.84 Å². The lowest BCUT2D eigenvalue weighted by Crippen LogP contribution is -2.25. The topological polar surface area (TPSA) is 42.4 Å². The van der Waals surface area contributed by atoms with Gasteiger partial charge in [0.05, 0.1) is 12.3 Å². The van der Waals surface area contributed by atoms with Gasteiger partial charge in [0.2, 0.25) is 0 Å². The summed E-state index contributed by atoms with van der Waals surface area (Å²) in [6.45, 7) is 0. The van der Waals surface area contributed by atoms with Crippen LogP contribution in [0.2, 0.25) is 0 Å². The second-order valence-corrected chi connectivity index (χ2v) is 3.34. The van der Waals surface area contributed by atoms with Gasteiger partial charge in [0.15, 0.2) is 0 Å². The van der Waals surface area contributed by atoms with Crippen LogP contribution in [-0.2, 0) is 0 Å². The smallest absolute Gasteiger partial charge is 0.138 e. The summed E-state index contributed by atoms with van der Waals surface area (Å²) >= 11 is 0. The van der Waals surface area contributed by atoms with Crippen molar-refractivity contribution in [1.29, 1.82) is 0 Å². The highest BCUT2D eigenvalue weighted by atomic mass is 16.5. The predicted octanol–water partition coefficient (Wildman–Crippen LogP) is 1.37. The summed E-state index contributed by atoms with van der Waals surface area (Å²) < 4.78 is 5.58. The molecule has 1 aliphatic carbocycles. The van der Waals surface area contributed by atoms with Crippen molar-refractivity contribution >= 4 is 0 Å². The molecule has 1 fully saturated rings. The van der Waals surface area contributed by atoms with Gasteiger partial charge in [-0.3, -0.25) is 4.98 Å². The summed E-state index contributed by atoms with van der Waals surface area (Å²) in [7, 11) is 0. The van der Waals surface area contributed by atoms with Crippen LogP contribution in [0.25, 0.3) is 0 Å². The minimum absolute atomic E-state index is 0.0378. The summed E-state index contributed by atoms with van der Waals surface area (Å²) in [6.07, 6.45) is 5.88. The van der Waals surface area contributed by atoms with E-state index in [0.29, 0.717) is 0 Å². The fraction of sp³-hybridized carbons (Fsp3) is 0.500. The van der Waals surface area contributed by atoms with Crippen molar-refractivity contribution in [1.82, 2.24) is 4.98 Å². The molecule has 0 saturated heterocycles. The van der Waals surface area contributed by atoms with Crippen LogP contribution < -0.4 is 4.74 Å². The third kappa shape index (κ3) is 1.98. The van der Waals surface area contributed by atoms with E-state index in [4.69, 9.17) is 4.74 Å². The highest BCUT2D eigenvalue weighted by molar-refractivity contribution is 5.16. The lowest BCUT2D eigenvalue weighted by Gasteiger charge is -2.16. The molecule has 1 heterocycles. The number of hydrogen-bond acceptors (Lipinski definition) is 3. The van der Waals surface area contributed by atoms with Crippen molar-refractivity contribution in [3.05, 3.63) is 24.5 Å². The van der Waals surface area contributed by atoms with Gasteiger partial charge >= 0.3 is 0 Å². The van der Waals surface area contributed by atoms with Crippen LogP contribution in [0, 0.1) is 0 Å². The SMILES string of the molecule is O[C@@H]1CCC[C@H]1Oc1cccnc1. The Morgan fingerprint density at radius 3 is 3.00 bits per heavy atom. The van der Waals surface area contributed by atoms with Crippen LogP contribution >= 0.6 is 0 Å². The Bertz CT molecular complexity index is 263. The number of nitrogens with zero attached hydrogens (tertiary/aromatic N) is 1. The molecule has 0 radical (unpaired) electrons. The molecule has 1 aromatic heterocycles. The normalized spacial score (nSPS) is 27.5. The molecule has 1 N–H and O–H groups in total. The third-order valence-electron chi connectivity index (χ3n) is 2.34. The first-order valence-electron chi connectivity index (χ1n) is 4.61. The molecular weight excluding hydrogens is 166 g/mol. The molecule has 0 aliphatic heterocycles. The molecule has 1 aliphatic rings. The Hall–Kier alpha value is -1.09. The molecule has 3 heteroatoms. The number of pyridine rings is 1. The fourth-order valence-corrected chi connectivity index (χ4v) is 1.64. The van der Waals surface area contributed by atoms with Crippen molar-refractivity contribution in [2.45, 2.75) is 31.5 Å². The number of ether oxygens (including phenoxy) is 1. The Morgan fingerprint density at radius 1 is 1.46 bits per heavy atom. The van der Waals surface area contributed by atoms with Gasteiger partial charge in [-0.25, -0.2) is 0 Å². The summed E-state index contributed by atoms with van der Waals surface area (Å²) in [4.78, 5) is 3.95. The fourth-order valence-electron chi connectivity index (χ4n) is 1.64. The van der Waals surface area contributed by atoms with Gasteiger partial charge < -0.3 is 9.84 Å². The average molecular weight is 179 g/mol. The molecule has 0 spiro atoms. The molecule has 0 bridgehead atoms. The van der Waals surface area contributed by atoms with Crippen LogP contribution in [-0.4, -0.2) is 22.3 Å². The maximum Gasteiger partial charge on any atom is 0.138 e. The zero-order valence-electron chi connectivity index (χ0n) is 7.39. The molecule has 0 aromatic carbocycles. The van der Waals surface area contributed by atoms with Crippen molar-refractivity contribution in [2.24, 2.45) is 0 Å². The first kappa shape index (κ1) is 8.51. The van der Waals surface area contributed by atoms with Crippen molar-refractivity contribution in [3.63, 3.8) is 0 Å². The summed E-state index contributed by atoms with van der Waals surface area (Å²) in [5, 5.41) is 9.50. The predicted molar refractivity (Wildman–Crippen MR) is 48.5 cm³/mol. The number of hydrogen-bond donors (Lipinski definition) is 1. The largest absolute Gasteiger partial charge is 0.486 e. The first-order valence-corrected chi connectivity index (χ1v) is 4.61. The van der Waals surface area contributed by atoms with Gasteiger partial charge in [0, 0.05) is 6.20 Å². The van der Waals surface area contributed by atoms with E-state index in [9.17, 15) is 5.11 Å². The minimum Gasteiger partial charge on any atom is -0.486 e. The van der Waals surface area contributed by atoms with Gasteiger partial charge in [0.25, 0.3) is 0 Å². The van der Waals surface area contributed by atoms with E-state index in [1.807, 2.05) is 12.1 Å². The van der Waals surface area contributed by atoms with Crippen molar-refractivity contribution in [2.75, 3.05) is 0 Å². The molecule has 1 saturated carbocycles. The zero-order valence-corrected chi connectivity index (χ0v) is 7.39. The van der Waals surface area contributed by atoms with E-state index in [0.717, 1.165) is 25.0 Å². The summed E-state index contributed by atoms with van der Waals surface area (Å²) in [5.74, 6) is 0.744. The molecule has 13 heavy (non-hydrogen) atoms. The zero-order chi connectivity index (χ0) is 9.10. The maximum atomic E-state index is 9.50. The summed E-state index contributed by atoms with van der Waals surface area (Å²) in [5.41, 5.74) is 0. The molecular formula is C10H13NO2. The summed E-state index contributed by atoms with van der Waals surface area (Å²) in [6, 6.07) is 3.69. The molecule has 0 amide bonds. The number of aliphatic hydroxyl groups excluding tert-OH is 1. The van der Waals surface area contributed by atoms with E-state index < -0.39 is 0 Å². The number of rotatable bonds is 2. The minimum atomic E-state index is -0.305. The van der Waals surface area contributed by atoms with E-state index in [1.165, 1.54) is 0 Å². The highest BCUT2D eigenvalue weighted by Crippen LogP contribution is 2.23. The van der Waals surface area contributed by atoms with E-state index >= 15 is 0 Å². The Morgan fingerprint density at radius 2 is 2.38 bits per heavy atom. The van der Waals surface area contributed by atoms with Crippen molar-refractivity contribution in [3.8, 4) is 5.75 Å². The molecule has 3 nitrogen and oxygen atoms in total. The highest BCUT2D eigenvalue weighted by Gasteiger charge is 2.26. The molecule has 1 aromatic rings. The number of aromatic nitrogens is 1. The number of aliphatic hydroxyl groups is 1. The Labute approximate surface area is 77.4 Å². The van der Waals surface area contributed by atoms with Crippen LogP contribution in [0.15, 0.2) is 24.5 Å². The molecule has 2 atom stereocenters. The van der Waals surface area contributed by atoms with E-state index in [-0.39, 0.29) is 12.2 Å². The standard InChI is InChI=1S/C10H13NO2/c12-9-4-1-5-10(9)13-8-3-2-6-11-7-8/h2-3,6-7,9-10,12H,1,4-5H2/t9-,10-/m1/s1. The Balaban J connectivity index is 1.98. The first-order chi connectivity index (χ1) is 6.36. The monoisotopic (exact) mass is 179 g/mol. The Kier molecular flexibility index (Phi) is 2.45. The third-order valence-corrected chi connectivity index (χ3v) is 2.34. The van der Waals surface area contributed by atoms with E-state index in [1.54, 1.807) is 12.4 Å². The van der Waals surface area contributed by atoms with Crippen LogP contribution in [0.4, 0.5) is 0 Å². The molecule has 2 rings (SSSR count). The second kappa shape index (κ2) is 3.75. The van der Waals surface area contributed by atoms with Gasteiger partial charge in [0.1, 0.15) is 11.9 Å². The average Bonchev–Trinajstić information content (AvgIpc) is 2.54. The second-order valence-electron chi connectivity index (χ2n) is 3.34. The quantitative estimate of drug-likeness (QED) is 0.745. The lowest BCUT2D eigenvalue weighted by atomic mass is 10.2. The van der Waals surface area contributed by atoms with Crippen LogP contribution in [0.3, 0.4) is 0 Å². The van der Waals surface area contributed by atoms with Gasteiger partial charge in [-0.2, -0.15) is 0 Å². The van der Waals surface area contributed by atoms with E-state index in [2.05, 4.69) is 4.98 Å². The van der Waals surface area contributed by atoms with Crippen LogP contribution in [0.1, 0.15) is 19.3 Å². The van der Waals surface area contributed by atoms with Crippen LogP contribution in [0.5, 0.6) is 5.75 Å². The van der Waals surface area contributed by atoms with Gasteiger partial charge in [-0.1, -0.05) is 0 Å². The molecule has 70 valence electrons. The van der Waals surface area contributed by atoms with Gasteiger partial charge in [-0.05, 0) is 31.4 Å². The molecule has 0 unspecified atom stereocenters. The lowest BCUT2D eigenvalue weighted by molar-refractivity contribution is 0.0602. The van der Waals surface area contributed by atoms with Gasteiger partial charge in [-0.15, -0.1) is 0 Å².